The largest absolute Gasteiger partial charge is 0.462 e. The van der Waals surface area contributed by atoms with E-state index in [0.717, 1.165) is 37.0 Å². The molecule has 4 saturated carbocycles. The lowest BCUT2D eigenvalue weighted by molar-refractivity contribution is -0.183. The molecule has 0 unspecified atom stereocenters. The van der Waals surface area contributed by atoms with Gasteiger partial charge in [0, 0.05) is 18.8 Å². The van der Waals surface area contributed by atoms with Gasteiger partial charge in [-0.15, -0.1) is 0 Å². The molecule has 0 aliphatic heterocycles. The molecule has 34 heavy (non-hydrogen) atoms. The van der Waals surface area contributed by atoms with Crippen LogP contribution < -0.4 is 0 Å². The SMILES string of the molecule is CC(=O)O[C@H]1CC[C@]2(C)[C@@H]3CC[C@@]4(C)[C@H](CC[C@H]4[C@H](C)CCCC(C)C)[C@H]3C/C(=N\O)[C@]2(O)C1. The molecule has 0 heterocycles. The van der Waals surface area contributed by atoms with Crippen LogP contribution in [0.2, 0.25) is 0 Å². The maximum Gasteiger partial charge on any atom is 0.302 e. The van der Waals surface area contributed by atoms with E-state index in [2.05, 4.69) is 39.8 Å². The second-order valence-electron chi connectivity index (χ2n) is 13.4. The van der Waals surface area contributed by atoms with Gasteiger partial charge >= 0.3 is 5.97 Å². The summed E-state index contributed by atoms with van der Waals surface area (Å²) in [6.07, 6.45) is 11.2. The monoisotopic (exact) mass is 475 g/mol. The fraction of sp³-hybridized carbons (Fsp3) is 0.931. The minimum absolute atomic E-state index is 0.304. The van der Waals surface area contributed by atoms with Crippen molar-refractivity contribution in [3.8, 4) is 0 Å². The minimum Gasteiger partial charge on any atom is -0.462 e. The van der Waals surface area contributed by atoms with Crippen LogP contribution in [-0.2, 0) is 9.53 Å². The third kappa shape index (κ3) is 4.12. The van der Waals surface area contributed by atoms with Crippen LogP contribution in [0.1, 0.15) is 112 Å². The number of rotatable bonds is 6. The van der Waals surface area contributed by atoms with Crippen LogP contribution in [0.15, 0.2) is 5.16 Å². The van der Waals surface area contributed by atoms with Crippen LogP contribution in [0.4, 0.5) is 0 Å². The average Bonchev–Trinajstić information content (AvgIpc) is 3.11. The molecule has 2 N–H and O–H groups in total. The smallest absolute Gasteiger partial charge is 0.302 e. The van der Waals surface area contributed by atoms with Crippen molar-refractivity contribution in [2.45, 2.75) is 124 Å². The van der Waals surface area contributed by atoms with Crippen molar-refractivity contribution >= 4 is 11.7 Å². The van der Waals surface area contributed by atoms with Gasteiger partial charge in [-0.05, 0) is 85.9 Å². The first-order valence-electron chi connectivity index (χ1n) is 14.1. The summed E-state index contributed by atoms with van der Waals surface area (Å²) in [5.41, 5.74) is -0.654. The van der Waals surface area contributed by atoms with Gasteiger partial charge in [-0.2, -0.15) is 0 Å². The van der Waals surface area contributed by atoms with Crippen LogP contribution in [0.5, 0.6) is 0 Å². The summed E-state index contributed by atoms with van der Waals surface area (Å²) in [4.78, 5) is 11.6. The molecule has 9 atom stereocenters. The number of oxime groups is 1. The average molecular weight is 476 g/mol. The number of nitrogens with zero attached hydrogens (tertiary/aromatic N) is 1. The summed E-state index contributed by atoms with van der Waals surface area (Å²) in [6, 6.07) is 0. The minimum atomic E-state index is -1.20. The molecule has 194 valence electrons. The van der Waals surface area contributed by atoms with Gasteiger partial charge in [-0.25, -0.2) is 0 Å². The number of ether oxygens (including phenoxy) is 1. The van der Waals surface area contributed by atoms with Crippen LogP contribution in [0.3, 0.4) is 0 Å². The Morgan fingerprint density at radius 2 is 1.82 bits per heavy atom. The van der Waals surface area contributed by atoms with Gasteiger partial charge in [0.25, 0.3) is 0 Å². The molecule has 0 saturated heterocycles. The molecule has 5 nitrogen and oxygen atoms in total. The Morgan fingerprint density at radius 3 is 2.47 bits per heavy atom. The number of aliphatic hydroxyl groups is 1. The highest BCUT2D eigenvalue weighted by molar-refractivity contribution is 5.94. The van der Waals surface area contributed by atoms with Gasteiger partial charge < -0.3 is 15.1 Å². The molecule has 4 rings (SSSR count). The zero-order chi connectivity index (χ0) is 24.9. The first-order valence-corrected chi connectivity index (χ1v) is 14.1. The Balaban J connectivity index is 1.56. The number of esters is 1. The first-order chi connectivity index (χ1) is 16.0. The van der Waals surface area contributed by atoms with Crippen LogP contribution in [0, 0.1) is 46.3 Å². The van der Waals surface area contributed by atoms with Gasteiger partial charge in [0.1, 0.15) is 11.7 Å². The zero-order valence-corrected chi connectivity index (χ0v) is 22.5. The maximum absolute atomic E-state index is 12.0. The second-order valence-corrected chi connectivity index (χ2v) is 13.4. The lowest BCUT2D eigenvalue weighted by atomic mass is 9.42. The Kier molecular flexibility index (Phi) is 7.19. The first kappa shape index (κ1) is 26.0. The molecule has 4 aliphatic rings. The fourth-order valence-electron chi connectivity index (χ4n) is 9.51. The number of fused-ring (bicyclic) bond motifs is 5. The molecule has 0 radical (unpaired) electrons. The Hall–Kier alpha value is -1.10. The summed E-state index contributed by atoms with van der Waals surface area (Å²) >= 11 is 0. The molecule has 0 aromatic heterocycles. The van der Waals surface area contributed by atoms with E-state index < -0.39 is 5.60 Å². The summed E-state index contributed by atoms with van der Waals surface area (Å²) in [5, 5.41) is 25.8. The van der Waals surface area contributed by atoms with E-state index in [1.54, 1.807) is 0 Å². The highest BCUT2D eigenvalue weighted by atomic mass is 16.5. The van der Waals surface area contributed by atoms with Crippen molar-refractivity contribution < 1.29 is 19.8 Å². The van der Waals surface area contributed by atoms with E-state index in [1.165, 1.54) is 45.4 Å². The molecule has 0 aromatic rings. The van der Waals surface area contributed by atoms with Crippen molar-refractivity contribution in [2.24, 2.45) is 51.5 Å². The van der Waals surface area contributed by atoms with Gasteiger partial charge in [-0.1, -0.05) is 59.0 Å². The van der Waals surface area contributed by atoms with Crippen molar-refractivity contribution in [1.29, 1.82) is 0 Å². The van der Waals surface area contributed by atoms with Crippen molar-refractivity contribution in [3.05, 3.63) is 0 Å². The molecule has 4 aliphatic carbocycles. The lowest BCUT2D eigenvalue weighted by Crippen LogP contribution is -2.67. The maximum atomic E-state index is 12.0. The van der Waals surface area contributed by atoms with Gasteiger partial charge in [-0.3, -0.25) is 4.79 Å². The normalized spacial score (nSPS) is 46.0. The van der Waals surface area contributed by atoms with E-state index >= 15 is 0 Å². The van der Waals surface area contributed by atoms with E-state index in [1.807, 2.05) is 0 Å². The molecular formula is C29H49NO4. The predicted molar refractivity (Wildman–Crippen MR) is 135 cm³/mol. The molecule has 5 heteroatoms. The highest BCUT2D eigenvalue weighted by Crippen LogP contribution is 2.68. The summed E-state index contributed by atoms with van der Waals surface area (Å²) in [6.45, 7) is 13.3. The third-order valence-electron chi connectivity index (χ3n) is 11.3. The topological polar surface area (TPSA) is 79.1 Å². The van der Waals surface area contributed by atoms with Crippen LogP contribution in [-0.4, -0.2) is 33.7 Å². The standard InChI is InChI=1S/C29H49NO4/c1-18(2)8-7-9-19(3)23-10-11-24-22-16-26(30-33)29(32)17-21(34-20(4)31)12-15-28(29,6)25(22)13-14-27(23,24)5/h18-19,21-25,32-33H,7-17H2,1-6H3/b30-26+/t19-,21+,22-,23+,24-,25-,27-,28-,29-/m1/s1. The Bertz CT molecular complexity index is 795. The summed E-state index contributed by atoms with van der Waals surface area (Å²) in [7, 11) is 0. The lowest BCUT2D eigenvalue weighted by Gasteiger charge is -2.64. The number of hydrogen-bond donors (Lipinski definition) is 2. The Labute approximate surface area is 207 Å². The Morgan fingerprint density at radius 1 is 1.09 bits per heavy atom. The summed E-state index contributed by atoms with van der Waals surface area (Å²) in [5.74, 6) is 3.53. The molecule has 0 spiro atoms. The second kappa shape index (κ2) is 9.41. The molecule has 0 amide bonds. The molecular weight excluding hydrogens is 426 g/mol. The van der Waals surface area contributed by atoms with Crippen molar-refractivity contribution in [1.82, 2.24) is 0 Å². The van der Waals surface area contributed by atoms with E-state index in [0.29, 0.717) is 41.7 Å². The van der Waals surface area contributed by atoms with E-state index in [-0.39, 0.29) is 17.5 Å². The van der Waals surface area contributed by atoms with Gasteiger partial charge in [0.05, 0.1) is 5.71 Å². The predicted octanol–water partition coefficient (Wildman–Crippen LogP) is 6.59. The third-order valence-corrected chi connectivity index (χ3v) is 11.3. The van der Waals surface area contributed by atoms with Gasteiger partial charge in [0.2, 0.25) is 0 Å². The fourth-order valence-corrected chi connectivity index (χ4v) is 9.51. The van der Waals surface area contributed by atoms with Crippen molar-refractivity contribution in [3.63, 3.8) is 0 Å². The quantitative estimate of drug-likeness (QED) is 0.258. The molecule has 4 fully saturated rings. The van der Waals surface area contributed by atoms with Crippen LogP contribution in [0.25, 0.3) is 0 Å². The molecule has 0 aromatic carbocycles. The van der Waals surface area contributed by atoms with Crippen molar-refractivity contribution in [2.75, 3.05) is 0 Å². The van der Waals surface area contributed by atoms with Gasteiger partial charge in [0.15, 0.2) is 0 Å². The highest BCUT2D eigenvalue weighted by Gasteiger charge is 2.67. The summed E-state index contributed by atoms with van der Waals surface area (Å²) < 4.78 is 5.52. The number of hydrogen-bond acceptors (Lipinski definition) is 5. The molecule has 0 bridgehead atoms. The van der Waals surface area contributed by atoms with Crippen LogP contribution >= 0.6 is 0 Å². The van der Waals surface area contributed by atoms with E-state index in [4.69, 9.17) is 4.74 Å². The number of carbonyl (C=O) groups is 1. The zero-order valence-electron chi connectivity index (χ0n) is 22.5. The van der Waals surface area contributed by atoms with E-state index in [9.17, 15) is 15.1 Å². The number of carbonyl (C=O) groups excluding carboxylic acids is 1.